The number of rotatable bonds is 4. The van der Waals surface area contributed by atoms with Crippen LogP contribution in [0.25, 0.3) is 0 Å². The molecule has 0 aliphatic heterocycles. The van der Waals surface area contributed by atoms with Gasteiger partial charge in [-0.25, -0.2) is 0 Å². The van der Waals surface area contributed by atoms with E-state index in [1.165, 1.54) is 29.5 Å². The molecule has 0 radical (unpaired) electrons. The molecule has 2 heterocycles. The summed E-state index contributed by atoms with van der Waals surface area (Å²) in [6.45, 7) is 0. The van der Waals surface area contributed by atoms with Crippen LogP contribution in [0.3, 0.4) is 0 Å². The van der Waals surface area contributed by atoms with E-state index in [2.05, 4.69) is 37.1 Å². The second kappa shape index (κ2) is 8.38. The van der Waals surface area contributed by atoms with Crippen LogP contribution in [0, 0.1) is 0 Å². The lowest BCUT2D eigenvalue weighted by molar-refractivity contribution is 0.0844. The molecule has 27 heavy (non-hydrogen) atoms. The highest BCUT2D eigenvalue weighted by molar-refractivity contribution is 9.10. The fourth-order valence-corrected chi connectivity index (χ4v) is 3.23. The quantitative estimate of drug-likeness (QED) is 0.439. The van der Waals surface area contributed by atoms with Crippen LogP contribution >= 0.6 is 38.9 Å². The number of carbonyl (C=O) groups excluding carboxylic acids is 3. The molecule has 3 aromatic rings. The molecule has 0 unspecified atom stereocenters. The number of nitrogens with one attached hydrogen (secondary N) is 4. The van der Waals surface area contributed by atoms with Gasteiger partial charge in [0.1, 0.15) is 5.69 Å². The van der Waals surface area contributed by atoms with E-state index in [-0.39, 0.29) is 22.2 Å². The van der Waals surface area contributed by atoms with Crippen molar-refractivity contribution >= 4 is 62.3 Å². The Labute approximate surface area is 171 Å². The number of halogens is 2. The highest BCUT2D eigenvalue weighted by Gasteiger charge is 2.14. The molecule has 138 valence electrons. The summed E-state index contributed by atoms with van der Waals surface area (Å²) in [7, 11) is 0. The standard InChI is InChI=1S/C17H12BrClN4O3S/c18-10-7-13(20-8-10)16(25)23-22-15(24)9-3-4-11(19)12(6-9)21-17(26)14-2-1-5-27-14/h1-8,20H,(H,21,26)(H,22,24)(H,23,25). The van der Waals surface area contributed by atoms with E-state index in [0.717, 1.165) is 0 Å². The maximum absolute atomic E-state index is 12.3. The minimum atomic E-state index is -0.558. The molecule has 10 heteroatoms. The molecule has 0 aliphatic rings. The molecular formula is C17H12BrClN4O3S. The zero-order chi connectivity index (χ0) is 19.4. The molecule has 0 aliphatic carbocycles. The minimum absolute atomic E-state index is 0.217. The lowest BCUT2D eigenvalue weighted by Gasteiger charge is -2.10. The van der Waals surface area contributed by atoms with Crippen molar-refractivity contribution < 1.29 is 14.4 Å². The summed E-state index contributed by atoms with van der Waals surface area (Å²) < 4.78 is 0.711. The van der Waals surface area contributed by atoms with Gasteiger partial charge >= 0.3 is 0 Å². The van der Waals surface area contributed by atoms with Gasteiger partial charge in [0.15, 0.2) is 0 Å². The second-order valence-corrected chi connectivity index (χ2v) is 7.54. The minimum Gasteiger partial charge on any atom is -0.356 e. The molecule has 0 saturated carbocycles. The van der Waals surface area contributed by atoms with Gasteiger partial charge < -0.3 is 10.3 Å². The van der Waals surface area contributed by atoms with Gasteiger partial charge in [0.2, 0.25) is 0 Å². The molecule has 3 rings (SSSR count). The number of hydrogen-bond acceptors (Lipinski definition) is 4. The number of hydrogen-bond donors (Lipinski definition) is 4. The first kappa shape index (κ1) is 19.2. The Bertz CT molecular complexity index is 1000. The third-order valence-corrected chi connectivity index (χ3v) is 5.06. The zero-order valence-corrected chi connectivity index (χ0v) is 16.7. The topological polar surface area (TPSA) is 103 Å². The summed E-state index contributed by atoms with van der Waals surface area (Å²) in [5.74, 6) is -1.39. The van der Waals surface area contributed by atoms with Crippen molar-refractivity contribution in [3.8, 4) is 0 Å². The van der Waals surface area contributed by atoms with Gasteiger partial charge in [-0.05, 0) is 51.6 Å². The maximum atomic E-state index is 12.3. The Morgan fingerprint density at radius 3 is 2.48 bits per heavy atom. The van der Waals surface area contributed by atoms with Crippen LogP contribution in [-0.2, 0) is 0 Å². The molecule has 0 fully saturated rings. The van der Waals surface area contributed by atoms with Crippen LogP contribution in [0.5, 0.6) is 0 Å². The van der Waals surface area contributed by atoms with Gasteiger partial charge in [-0.3, -0.25) is 25.2 Å². The lowest BCUT2D eigenvalue weighted by Crippen LogP contribution is -2.41. The van der Waals surface area contributed by atoms with Crippen molar-refractivity contribution in [3.05, 3.63) is 73.6 Å². The number of aromatic amines is 1. The number of benzene rings is 1. The predicted molar refractivity (Wildman–Crippen MR) is 107 cm³/mol. The number of anilines is 1. The van der Waals surface area contributed by atoms with Crippen LogP contribution in [0.4, 0.5) is 5.69 Å². The average Bonchev–Trinajstić information content (AvgIpc) is 3.33. The molecular weight excluding hydrogens is 456 g/mol. The van der Waals surface area contributed by atoms with Gasteiger partial charge in [-0.1, -0.05) is 17.7 Å². The third kappa shape index (κ3) is 4.76. The molecule has 4 N–H and O–H groups in total. The van der Waals surface area contributed by atoms with E-state index in [0.29, 0.717) is 15.0 Å². The second-order valence-electron chi connectivity index (χ2n) is 5.27. The van der Waals surface area contributed by atoms with E-state index in [4.69, 9.17) is 11.6 Å². The summed E-state index contributed by atoms with van der Waals surface area (Å²) in [6, 6.07) is 9.41. The third-order valence-electron chi connectivity index (χ3n) is 3.40. The van der Waals surface area contributed by atoms with E-state index >= 15 is 0 Å². The van der Waals surface area contributed by atoms with Crippen molar-refractivity contribution in [1.29, 1.82) is 0 Å². The highest BCUT2D eigenvalue weighted by Crippen LogP contribution is 2.24. The number of thiophene rings is 1. The van der Waals surface area contributed by atoms with E-state index < -0.39 is 11.8 Å². The summed E-state index contributed by atoms with van der Waals surface area (Å²) >= 11 is 10.6. The number of hydrazine groups is 1. The SMILES string of the molecule is O=C(NNC(=O)c1cc(Br)c[nH]1)c1ccc(Cl)c(NC(=O)c2cccs2)c1. The summed E-state index contributed by atoms with van der Waals surface area (Å²) in [5, 5.41) is 4.74. The Kier molecular flexibility index (Phi) is 5.94. The first-order valence-corrected chi connectivity index (χ1v) is 9.58. The number of aromatic nitrogens is 1. The molecule has 1 aromatic carbocycles. The maximum Gasteiger partial charge on any atom is 0.286 e. The van der Waals surface area contributed by atoms with Crippen LogP contribution in [-0.4, -0.2) is 22.7 Å². The first-order valence-electron chi connectivity index (χ1n) is 7.53. The largest absolute Gasteiger partial charge is 0.356 e. The Hall–Kier alpha value is -2.62. The zero-order valence-electron chi connectivity index (χ0n) is 13.5. The van der Waals surface area contributed by atoms with Crippen molar-refractivity contribution in [2.24, 2.45) is 0 Å². The molecule has 0 spiro atoms. The van der Waals surface area contributed by atoms with Crippen molar-refractivity contribution in [2.45, 2.75) is 0 Å². The van der Waals surface area contributed by atoms with Crippen LogP contribution in [0.15, 0.2) is 52.4 Å². The lowest BCUT2D eigenvalue weighted by atomic mass is 10.2. The van der Waals surface area contributed by atoms with Crippen LogP contribution in [0.1, 0.15) is 30.5 Å². The Morgan fingerprint density at radius 2 is 1.81 bits per heavy atom. The van der Waals surface area contributed by atoms with E-state index in [1.807, 2.05) is 0 Å². The normalized spacial score (nSPS) is 10.3. The number of H-pyrrole nitrogens is 1. The van der Waals surface area contributed by atoms with Crippen molar-refractivity contribution in [3.63, 3.8) is 0 Å². The number of amides is 3. The van der Waals surface area contributed by atoms with Crippen LogP contribution in [0.2, 0.25) is 5.02 Å². The first-order chi connectivity index (χ1) is 12.9. The van der Waals surface area contributed by atoms with E-state index in [9.17, 15) is 14.4 Å². The summed E-state index contributed by atoms with van der Waals surface area (Å²) in [4.78, 5) is 39.6. The average molecular weight is 468 g/mol. The van der Waals surface area contributed by atoms with Gasteiger partial charge in [-0.2, -0.15) is 0 Å². The van der Waals surface area contributed by atoms with Gasteiger partial charge in [0.25, 0.3) is 17.7 Å². The molecule has 7 nitrogen and oxygen atoms in total. The Balaban J connectivity index is 1.66. The molecule has 0 atom stereocenters. The van der Waals surface area contributed by atoms with Crippen molar-refractivity contribution in [2.75, 3.05) is 5.32 Å². The monoisotopic (exact) mass is 466 g/mol. The molecule has 3 amide bonds. The fraction of sp³-hybridized carbons (Fsp3) is 0. The van der Waals surface area contributed by atoms with E-state index in [1.54, 1.807) is 29.8 Å². The molecule has 0 bridgehead atoms. The predicted octanol–water partition coefficient (Wildman–Crippen LogP) is 3.82. The van der Waals surface area contributed by atoms with Gasteiger partial charge in [0, 0.05) is 16.2 Å². The Morgan fingerprint density at radius 1 is 1.04 bits per heavy atom. The smallest absolute Gasteiger partial charge is 0.286 e. The molecule has 0 saturated heterocycles. The van der Waals surface area contributed by atoms with Gasteiger partial charge in [0.05, 0.1) is 15.6 Å². The summed E-state index contributed by atoms with van der Waals surface area (Å²) in [5.41, 5.74) is 5.40. The van der Waals surface area contributed by atoms with Gasteiger partial charge in [-0.15, -0.1) is 11.3 Å². The van der Waals surface area contributed by atoms with Crippen LogP contribution < -0.4 is 16.2 Å². The molecule has 2 aromatic heterocycles. The summed E-state index contributed by atoms with van der Waals surface area (Å²) in [6.07, 6.45) is 1.60. The van der Waals surface area contributed by atoms with Crippen molar-refractivity contribution in [1.82, 2.24) is 15.8 Å². The fourth-order valence-electron chi connectivity index (χ4n) is 2.11. The highest BCUT2D eigenvalue weighted by atomic mass is 79.9. The number of carbonyl (C=O) groups is 3.